The van der Waals surface area contributed by atoms with Crippen molar-refractivity contribution in [1.29, 1.82) is 0 Å². The second-order valence-electron chi connectivity index (χ2n) is 5.50. The van der Waals surface area contributed by atoms with E-state index in [1.165, 1.54) is 35.2 Å². The van der Waals surface area contributed by atoms with Crippen molar-refractivity contribution in [2.24, 2.45) is 0 Å². The Morgan fingerprint density at radius 3 is 2.55 bits per heavy atom. The number of fused-ring (bicyclic) bond motifs is 1. The van der Waals surface area contributed by atoms with Crippen molar-refractivity contribution in [3.8, 4) is 0 Å². The van der Waals surface area contributed by atoms with Crippen LogP contribution in [-0.2, 0) is 19.5 Å². The van der Waals surface area contributed by atoms with Crippen molar-refractivity contribution in [1.82, 2.24) is 5.32 Å². The van der Waals surface area contributed by atoms with Gasteiger partial charge in [-0.2, -0.15) is 0 Å². The average molecular weight is 266 g/mol. The van der Waals surface area contributed by atoms with Crippen molar-refractivity contribution < 1.29 is 0 Å². The highest BCUT2D eigenvalue weighted by Crippen LogP contribution is 2.28. The smallest absolute Gasteiger partial charge is 0.0429 e. The van der Waals surface area contributed by atoms with Gasteiger partial charge in [-0.3, -0.25) is 0 Å². The molecule has 0 aliphatic carbocycles. The molecule has 0 bridgehead atoms. The van der Waals surface area contributed by atoms with E-state index in [-0.39, 0.29) is 0 Å². The summed E-state index contributed by atoms with van der Waals surface area (Å²) < 4.78 is 0. The van der Waals surface area contributed by atoms with Gasteiger partial charge in [0.05, 0.1) is 0 Å². The summed E-state index contributed by atoms with van der Waals surface area (Å²) in [6, 6.07) is 17.8. The maximum Gasteiger partial charge on any atom is 0.0429 e. The van der Waals surface area contributed by atoms with Gasteiger partial charge in [-0.05, 0) is 42.6 Å². The van der Waals surface area contributed by atoms with Crippen molar-refractivity contribution in [2.75, 3.05) is 18.5 Å². The second kappa shape index (κ2) is 6.10. The molecule has 1 N–H and O–H groups in total. The highest BCUT2D eigenvalue weighted by molar-refractivity contribution is 5.55. The Bertz CT molecular complexity index is 560. The van der Waals surface area contributed by atoms with Crippen LogP contribution in [0, 0.1) is 0 Å². The molecule has 1 heterocycles. The van der Waals surface area contributed by atoms with Crippen LogP contribution in [0.2, 0.25) is 0 Å². The topological polar surface area (TPSA) is 15.3 Å². The number of anilines is 1. The fraction of sp³-hybridized carbons (Fsp3) is 0.333. The third kappa shape index (κ3) is 2.86. The van der Waals surface area contributed by atoms with Crippen LogP contribution in [0.4, 0.5) is 5.69 Å². The van der Waals surface area contributed by atoms with Gasteiger partial charge < -0.3 is 10.2 Å². The average Bonchev–Trinajstić information content (AvgIpc) is 2.50. The zero-order valence-corrected chi connectivity index (χ0v) is 12.1. The number of rotatable bonds is 4. The first-order chi connectivity index (χ1) is 9.86. The summed E-state index contributed by atoms with van der Waals surface area (Å²) in [6.07, 6.45) is 2.47. The van der Waals surface area contributed by atoms with E-state index in [0.29, 0.717) is 0 Å². The fourth-order valence-electron chi connectivity index (χ4n) is 2.96. The minimum Gasteiger partial charge on any atom is -0.367 e. The highest BCUT2D eigenvalue weighted by Gasteiger charge is 2.15. The molecule has 0 radical (unpaired) electrons. The summed E-state index contributed by atoms with van der Waals surface area (Å²) in [5.74, 6) is 0. The largest absolute Gasteiger partial charge is 0.367 e. The molecule has 0 fully saturated rings. The first kappa shape index (κ1) is 13.2. The van der Waals surface area contributed by atoms with Gasteiger partial charge in [-0.15, -0.1) is 0 Å². The molecule has 20 heavy (non-hydrogen) atoms. The number of nitrogens with one attached hydrogen (secondary N) is 1. The van der Waals surface area contributed by atoms with Crippen molar-refractivity contribution in [3.05, 3.63) is 65.2 Å². The summed E-state index contributed by atoms with van der Waals surface area (Å²) in [5.41, 5.74) is 5.64. The van der Waals surface area contributed by atoms with E-state index in [0.717, 1.165) is 19.6 Å². The molecule has 0 aromatic heterocycles. The Morgan fingerprint density at radius 2 is 1.75 bits per heavy atom. The molecule has 0 atom stereocenters. The molecule has 2 aromatic carbocycles. The van der Waals surface area contributed by atoms with E-state index in [4.69, 9.17) is 0 Å². The van der Waals surface area contributed by atoms with Crippen LogP contribution in [0.3, 0.4) is 0 Å². The quantitative estimate of drug-likeness (QED) is 0.913. The van der Waals surface area contributed by atoms with Gasteiger partial charge in [0, 0.05) is 25.3 Å². The summed E-state index contributed by atoms with van der Waals surface area (Å²) >= 11 is 0. The molecular formula is C18H22N2. The number of hydrogen-bond acceptors (Lipinski definition) is 2. The lowest BCUT2D eigenvalue weighted by molar-refractivity contribution is 0.691. The van der Waals surface area contributed by atoms with Gasteiger partial charge in [-0.25, -0.2) is 0 Å². The molecule has 0 amide bonds. The Kier molecular flexibility index (Phi) is 4.03. The van der Waals surface area contributed by atoms with Crippen molar-refractivity contribution >= 4 is 5.69 Å². The van der Waals surface area contributed by atoms with Crippen molar-refractivity contribution in [2.45, 2.75) is 25.9 Å². The number of aryl methyl sites for hydroxylation is 1. The minimum atomic E-state index is 0.937. The molecule has 104 valence electrons. The van der Waals surface area contributed by atoms with Gasteiger partial charge in [0.15, 0.2) is 0 Å². The molecule has 0 spiro atoms. The van der Waals surface area contributed by atoms with Crippen LogP contribution in [-0.4, -0.2) is 13.6 Å². The molecule has 0 saturated heterocycles. The molecule has 2 heteroatoms. The zero-order valence-electron chi connectivity index (χ0n) is 12.1. The van der Waals surface area contributed by atoms with E-state index in [1.807, 2.05) is 7.05 Å². The predicted molar refractivity (Wildman–Crippen MR) is 85.0 cm³/mol. The van der Waals surface area contributed by atoms with Crippen LogP contribution >= 0.6 is 0 Å². The molecule has 2 nitrogen and oxygen atoms in total. The third-order valence-electron chi connectivity index (χ3n) is 3.98. The Labute approximate surface area is 121 Å². The summed E-state index contributed by atoms with van der Waals surface area (Å²) in [5, 5.41) is 3.19. The van der Waals surface area contributed by atoms with E-state index in [9.17, 15) is 0 Å². The third-order valence-corrected chi connectivity index (χ3v) is 3.98. The van der Waals surface area contributed by atoms with Crippen LogP contribution in [0.25, 0.3) is 0 Å². The summed E-state index contributed by atoms with van der Waals surface area (Å²) in [4.78, 5) is 2.51. The summed E-state index contributed by atoms with van der Waals surface area (Å²) in [7, 11) is 1.98. The monoisotopic (exact) mass is 266 g/mol. The SMILES string of the molecule is CNCc1ccc(CN2CCCc3ccccc32)cc1. The van der Waals surface area contributed by atoms with Gasteiger partial charge in [0.1, 0.15) is 0 Å². The van der Waals surface area contributed by atoms with Crippen molar-refractivity contribution in [3.63, 3.8) is 0 Å². The Hall–Kier alpha value is -1.80. The van der Waals surface area contributed by atoms with Crippen LogP contribution in [0.15, 0.2) is 48.5 Å². The lowest BCUT2D eigenvalue weighted by Crippen LogP contribution is -2.28. The first-order valence-electron chi connectivity index (χ1n) is 7.42. The second-order valence-corrected chi connectivity index (χ2v) is 5.50. The van der Waals surface area contributed by atoms with Gasteiger partial charge >= 0.3 is 0 Å². The predicted octanol–water partition coefficient (Wildman–Crippen LogP) is 3.36. The first-order valence-corrected chi connectivity index (χ1v) is 7.42. The lowest BCUT2D eigenvalue weighted by atomic mass is 10.0. The molecule has 2 aromatic rings. The molecule has 1 aliphatic heterocycles. The molecule has 3 rings (SSSR count). The molecule has 1 aliphatic rings. The van der Waals surface area contributed by atoms with Gasteiger partial charge in [-0.1, -0.05) is 42.5 Å². The van der Waals surface area contributed by atoms with Crippen LogP contribution < -0.4 is 10.2 Å². The number of hydrogen-bond donors (Lipinski definition) is 1. The van der Waals surface area contributed by atoms with Crippen LogP contribution in [0.1, 0.15) is 23.1 Å². The minimum absolute atomic E-state index is 0.937. The van der Waals surface area contributed by atoms with E-state index in [2.05, 4.69) is 58.7 Å². The zero-order chi connectivity index (χ0) is 13.8. The highest BCUT2D eigenvalue weighted by atomic mass is 15.1. The van der Waals surface area contributed by atoms with E-state index < -0.39 is 0 Å². The van der Waals surface area contributed by atoms with E-state index >= 15 is 0 Å². The number of para-hydroxylation sites is 1. The molecule has 0 saturated carbocycles. The molecule has 0 unspecified atom stereocenters. The van der Waals surface area contributed by atoms with Gasteiger partial charge in [0.25, 0.3) is 0 Å². The number of benzene rings is 2. The lowest BCUT2D eigenvalue weighted by Gasteiger charge is -2.31. The Balaban J connectivity index is 1.75. The number of nitrogens with zero attached hydrogens (tertiary/aromatic N) is 1. The normalized spacial score (nSPS) is 14.2. The van der Waals surface area contributed by atoms with Crippen LogP contribution in [0.5, 0.6) is 0 Å². The van der Waals surface area contributed by atoms with Gasteiger partial charge in [0.2, 0.25) is 0 Å². The Morgan fingerprint density at radius 1 is 1.00 bits per heavy atom. The van der Waals surface area contributed by atoms with E-state index in [1.54, 1.807) is 0 Å². The standard InChI is InChI=1S/C18H22N2/c1-19-13-15-8-10-16(11-9-15)14-20-12-4-6-17-5-2-3-7-18(17)20/h2-3,5,7-11,19H,4,6,12-14H2,1H3. The summed E-state index contributed by atoms with van der Waals surface area (Å²) in [6.45, 7) is 3.11. The maximum atomic E-state index is 3.19. The maximum absolute atomic E-state index is 3.19. The fourth-order valence-corrected chi connectivity index (χ4v) is 2.96. The molecular weight excluding hydrogens is 244 g/mol.